The lowest BCUT2D eigenvalue weighted by Crippen LogP contribution is -2.20. The average molecular weight is 540 g/mol. The summed E-state index contributed by atoms with van der Waals surface area (Å²) >= 11 is 6.39. The molecular formula is C28H30ClN3O6. The fraction of sp³-hybridized carbons (Fsp3) is 0.250. The Balaban J connectivity index is 1.63. The SMILES string of the molecule is CCOc1ccc(C(=O)N/N=C/c2cc(Cl)c(OCC(=O)Nc3ccc(C)cc3)c(OC)c2)cc1OCC. The van der Waals surface area contributed by atoms with E-state index in [1.807, 2.05) is 45.0 Å². The van der Waals surface area contributed by atoms with E-state index < -0.39 is 5.91 Å². The first-order chi connectivity index (χ1) is 18.3. The second-order valence-electron chi connectivity index (χ2n) is 7.96. The largest absolute Gasteiger partial charge is 0.493 e. The van der Waals surface area contributed by atoms with Gasteiger partial charge < -0.3 is 24.3 Å². The van der Waals surface area contributed by atoms with Crippen molar-refractivity contribution in [1.29, 1.82) is 0 Å². The van der Waals surface area contributed by atoms with Gasteiger partial charge in [0, 0.05) is 11.3 Å². The normalized spacial score (nSPS) is 10.7. The summed E-state index contributed by atoms with van der Waals surface area (Å²) in [5.41, 5.74) is 5.13. The van der Waals surface area contributed by atoms with Gasteiger partial charge >= 0.3 is 0 Å². The molecule has 9 nitrogen and oxygen atoms in total. The Morgan fingerprint density at radius 1 is 0.921 bits per heavy atom. The predicted molar refractivity (Wildman–Crippen MR) is 147 cm³/mol. The number of benzene rings is 3. The number of methoxy groups -OCH3 is 1. The Morgan fingerprint density at radius 3 is 2.32 bits per heavy atom. The van der Waals surface area contributed by atoms with Crippen LogP contribution in [-0.2, 0) is 4.79 Å². The smallest absolute Gasteiger partial charge is 0.271 e. The third-order valence-electron chi connectivity index (χ3n) is 5.12. The molecule has 0 saturated carbocycles. The van der Waals surface area contributed by atoms with Crippen LogP contribution in [0.5, 0.6) is 23.0 Å². The van der Waals surface area contributed by atoms with E-state index in [0.29, 0.717) is 47.3 Å². The lowest BCUT2D eigenvalue weighted by Gasteiger charge is -2.13. The van der Waals surface area contributed by atoms with Crippen molar-refractivity contribution < 1.29 is 28.5 Å². The molecule has 0 bridgehead atoms. The monoisotopic (exact) mass is 539 g/mol. The number of carbonyl (C=O) groups is 2. The molecule has 0 spiro atoms. The zero-order chi connectivity index (χ0) is 27.5. The molecule has 0 aromatic heterocycles. The van der Waals surface area contributed by atoms with Gasteiger partial charge in [-0.2, -0.15) is 5.10 Å². The number of halogens is 1. The molecule has 3 rings (SSSR count). The zero-order valence-electron chi connectivity index (χ0n) is 21.7. The second-order valence-corrected chi connectivity index (χ2v) is 8.37. The van der Waals surface area contributed by atoms with E-state index in [-0.39, 0.29) is 23.3 Å². The molecule has 0 aliphatic heterocycles. The zero-order valence-corrected chi connectivity index (χ0v) is 22.4. The van der Waals surface area contributed by atoms with Gasteiger partial charge in [0.1, 0.15) is 0 Å². The first kappa shape index (κ1) is 28.3. The molecule has 0 saturated heterocycles. The first-order valence-electron chi connectivity index (χ1n) is 11.9. The number of rotatable bonds is 12. The molecule has 3 aromatic rings. The number of carbonyl (C=O) groups excluding carboxylic acids is 2. The molecule has 10 heteroatoms. The summed E-state index contributed by atoms with van der Waals surface area (Å²) in [6.45, 7) is 6.33. The quantitative estimate of drug-likeness (QED) is 0.241. The molecule has 2 N–H and O–H groups in total. The minimum absolute atomic E-state index is 0.215. The van der Waals surface area contributed by atoms with Crippen LogP contribution in [0.25, 0.3) is 0 Å². The predicted octanol–water partition coefficient (Wildman–Crippen LogP) is 5.24. The number of hydrazone groups is 1. The van der Waals surface area contributed by atoms with E-state index in [0.717, 1.165) is 5.56 Å². The van der Waals surface area contributed by atoms with Crippen LogP contribution in [0, 0.1) is 6.92 Å². The highest BCUT2D eigenvalue weighted by Gasteiger charge is 2.15. The second kappa shape index (κ2) is 13.9. The molecular weight excluding hydrogens is 510 g/mol. The van der Waals surface area contributed by atoms with Gasteiger partial charge in [-0.3, -0.25) is 9.59 Å². The number of anilines is 1. The maximum absolute atomic E-state index is 12.6. The van der Waals surface area contributed by atoms with Crippen LogP contribution < -0.4 is 29.7 Å². The molecule has 0 radical (unpaired) electrons. The molecule has 38 heavy (non-hydrogen) atoms. The van der Waals surface area contributed by atoms with Gasteiger partial charge in [0.25, 0.3) is 11.8 Å². The van der Waals surface area contributed by atoms with E-state index in [2.05, 4.69) is 15.8 Å². The van der Waals surface area contributed by atoms with Gasteiger partial charge in [0.2, 0.25) is 0 Å². The highest BCUT2D eigenvalue weighted by molar-refractivity contribution is 6.32. The minimum Gasteiger partial charge on any atom is -0.493 e. The van der Waals surface area contributed by atoms with Crippen molar-refractivity contribution in [3.8, 4) is 23.0 Å². The van der Waals surface area contributed by atoms with E-state index in [4.69, 9.17) is 30.5 Å². The van der Waals surface area contributed by atoms with Crippen LogP contribution in [0.4, 0.5) is 5.69 Å². The maximum atomic E-state index is 12.6. The molecule has 0 aliphatic carbocycles. The Labute approximate surface area is 226 Å². The van der Waals surface area contributed by atoms with Crippen molar-refractivity contribution in [2.45, 2.75) is 20.8 Å². The van der Waals surface area contributed by atoms with Crippen molar-refractivity contribution in [3.05, 3.63) is 76.3 Å². The van der Waals surface area contributed by atoms with Gasteiger partial charge in [-0.15, -0.1) is 0 Å². The summed E-state index contributed by atoms with van der Waals surface area (Å²) in [5, 5.41) is 6.98. The Morgan fingerprint density at radius 2 is 1.63 bits per heavy atom. The number of aryl methyl sites for hydroxylation is 1. The number of hydrogen-bond donors (Lipinski definition) is 2. The number of amides is 2. The van der Waals surface area contributed by atoms with Gasteiger partial charge in [-0.25, -0.2) is 5.43 Å². The van der Waals surface area contributed by atoms with E-state index >= 15 is 0 Å². The van der Waals surface area contributed by atoms with E-state index in [9.17, 15) is 9.59 Å². The summed E-state index contributed by atoms with van der Waals surface area (Å²) in [7, 11) is 1.45. The summed E-state index contributed by atoms with van der Waals surface area (Å²) < 4.78 is 22.1. The molecule has 0 heterocycles. The van der Waals surface area contributed by atoms with Gasteiger partial charge in [-0.05, 0) is 68.8 Å². The van der Waals surface area contributed by atoms with Gasteiger partial charge in [0.05, 0.1) is 31.6 Å². The van der Waals surface area contributed by atoms with E-state index in [1.54, 1.807) is 30.3 Å². The maximum Gasteiger partial charge on any atom is 0.271 e. The fourth-order valence-corrected chi connectivity index (χ4v) is 3.62. The first-order valence-corrected chi connectivity index (χ1v) is 12.3. The molecule has 0 fully saturated rings. The van der Waals surface area contributed by atoms with Gasteiger partial charge in [0.15, 0.2) is 29.6 Å². The standard InChI is InChI=1S/C28H30ClN3O6/c1-5-36-23-12-9-20(15-24(23)37-6-2)28(34)32-30-16-19-13-22(29)27(25(14-19)35-4)38-17-26(33)31-21-10-7-18(3)8-11-21/h7-16H,5-6,17H2,1-4H3,(H,31,33)(H,32,34)/b30-16+. The van der Waals surface area contributed by atoms with Crippen LogP contribution >= 0.6 is 11.6 Å². The lowest BCUT2D eigenvalue weighted by molar-refractivity contribution is -0.118. The molecule has 3 aromatic carbocycles. The highest BCUT2D eigenvalue weighted by atomic mass is 35.5. The fourth-order valence-electron chi connectivity index (χ4n) is 3.35. The molecule has 200 valence electrons. The number of hydrogen-bond acceptors (Lipinski definition) is 7. The highest BCUT2D eigenvalue weighted by Crippen LogP contribution is 2.36. The van der Waals surface area contributed by atoms with Crippen LogP contribution in [-0.4, -0.2) is 45.0 Å². The van der Waals surface area contributed by atoms with Crippen molar-refractivity contribution in [2.75, 3.05) is 32.2 Å². The molecule has 0 aliphatic rings. The van der Waals surface area contributed by atoms with E-state index in [1.165, 1.54) is 13.3 Å². The van der Waals surface area contributed by atoms with Crippen molar-refractivity contribution >= 4 is 35.3 Å². The van der Waals surface area contributed by atoms with Gasteiger partial charge in [-0.1, -0.05) is 29.3 Å². The minimum atomic E-state index is -0.428. The Bertz CT molecular complexity index is 1290. The van der Waals surface area contributed by atoms with Crippen LogP contribution in [0.1, 0.15) is 35.3 Å². The number of ether oxygens (including phenoxy) is 4. The summed E-state index contributed by atoms with van der Waals surface area (Å²) in [4.78, 5) is 24.9. The number of nitrogens with one attached hydrogen (secondary N) is 2. The Hall–Kier alpha value is -4.24. The summed E-state index contributed by atoms with van der Waals surface area (Å²) in [6.07, 6.45) is 1.41. The van der Waals surface area contributed by atoms with Crippen molar-refractivity contribution in [1.82, 2.24) is 5.43 Å². The summed E-state index contributed by atoms with van der Waals surface area (Å²) in [6, 6.07) is 15.5. The number of nitrogens with zero attached hydrogens (tertiary/aromatic N) is 1. The van der Waals surface area contributed by atoms with Crippen LogP contribution in [0.15, 0.2) is 59.7 Å². The van der Waals surface area contributed by atoms with Crippen molar-refractivity contribution in [2.24, 2.45) is 5.10 Å². The molecule has 0 atom stereocenters. The summed E-state index contributed by atoms with van der Waals surface area (Å²) in [5.74, 6) is 0.787. The average Bonchev–Trinajstić information content (AvgIpc) is 2.90. The van der Waals surface area contributed by atoms with Crippen LogP contribution in [0.3, 0.4) is 0 Å². The Kier molecular flexibility index (Phi) is 10.4. The topological polar surface area (TPSA) is 107 Å². The molecule has 2 amide bonds. The van der Waals surface area contributed by atoms with Crippen LogP contribution in [0.2, 0.25) is 5.02 Å². The van der Waals surface area contributed by atoms with Crippen molar-refractivity contribution in [3.63, 3.8) is 0 Å². The molecule has 0 unspecified atom stereocenters. The third-order valence-corrected chi connectivity index (χ3v) is 5.40. The third kappa shape index (κ3) is 7.88. The lowest BCUT2D eigenvalue weighted by atomic mass is 10.2.